The van der Waals surface area contributed by atoms with Crippen LogP contribution in [-0.4, -0.2) is 41.9 Å². The maximum Gasteiger partial charge on any atom is 0.409 e. The van der Waals surface area contributed by atoms with Gasteiger partial charge in [0.05, 0.1) is 12.7 Å². The zero-order chi connectivity index (χ0) is 13.7. The number of piperidine rings is 1. The van der Waals surface area contributed by atoms with Gasteiger partial charge >= 0.3 is 6.09 Å². The van der Waals surface area contributed by atoms with Crippen LogP contribution in [0.15, 0.2) is 28.7 Å². The van der Waals surface area contributed by atoms with Gasteiger partial charge in [-0.3, -0.25) is 0 Å². The Morgan fingerprint density at radius 1 is 1.42 bits per heavy atom. The number of aliphatic hydroxyl groups excluding tert-OH is 1. The molecular formula is C14H18BrNO3. The van der Waals surface area contributed by atoms with Crippen molar-refractivity contribution in [1.29, 1.82) is 0 Å². The molecule has 1 aliphatic rings. The van der Waals surface area contributed by atoms with Crippen molar-refractivity contribution >= 4 is 22.0 Å². The van der Waals surface area contributed by atoms with Gasteiger partial charge in [-0.25, -0.2) is 4.79 Å². The van der Waals surface area contributed by atoms with Gasteiger partial charge < -0.3 is 14.7 Å². The van der Waals surface area contributed by atoms with Gasteiger partial charge in [0, 0.05) is 24.0 Å². The van der Waals surface area contributed by atoms with Crippen LogP contribution in [0, 0.1) is 0 Å². The maximum absolute atomic E-state index is 11.8. The third-order valence-corrected chi connectivity index (χ3v) is 3.71. The lowest BCUT2D eigenvalue weighted by Gasteiger charge is -2.29. The molecule has 104 valence electrons. The first-order valence-corrected chi connectivity index (χ1v) is 7.28. The molecule has 2 rings (SSSR count). The van der Waals surface area contributed by atoms with E-state index in [1.165, 1.54) is 0 Å². The lowest BCUT2D eigenvalue weighted by atomic mass is 10.1. The monoisotopic (exact) mass is 327 g/mol. The number of nitrogens with zero attached hydrogens (tertiary/aromatic N) is 1. The fourth-order valence-electron chi connectivity index (χ4n) is 2.12. The van der Waals surface area contributed by atoms with Crippen LogP contribution in [0.4, 0.5) is 4.79 Å². The van der Waals surface area contributed by atoms with Crippen molar-refractivity contribution in [3.63, 3.8) is 0 Å². The van der Waals surface area contributed by atoms with E-state index in [0.717, 1.165) is 22.9 Å². The molecule has 0 bridgehead atoms. The van der Waals surface area contributed by atoms with E-state index in [2.05, 4.69) is 15.9 Å². The summed E-state index contributed by atoms with van der Waals surface area (Å²) in [6, 6.07) is 7.95. The number of halogens is 1. The third kappa shape index (κ3) is 4.51. The highest BCUT2D eigenvalue weighted by Gasteiger charge is 2.22. The van der Waals surface area contributed by atoms with E-state index in [1.54, 1.807) is 4.90 Å². The average molecular weight is 328 g/mol. The predicted octanol–water partition coefficient (Wildman–Crippen LogP) is 2.58. The van der Waals surface area contributed by atoms with Gasteiger partial charge in [0.15, 0.2) is 0 Å². The molecule has 1 unspecified atom stereocenters. The molecular weight excluding hydrogens is 310 g/mol. The molecule has 1 aliphatic heterocycles. The Kier molecular flexibility index (Phi) is 5.22. The Balaban J connectivity index is 1.73. The Labute approximate surface area is 121 Å². The van der Waals surface area contributed by atoms with Crippen LogP contribution < -0.4 is 0 Å². The van der Waals surface area contributed by atoms with Crippen LogP contribution in [0.1, 0.15) is 18.4 Å². The molecule has 1 saturated heterocycles. The highest BCUT2D eigenvalue weighted by molar-refractivity contribution is 9.10. The smallest absolute Gasteiger partial charge is 0.409 e. The van der Waals surface area contributed by atoms with Gasteiger partial charge in [-0.15, -0.1) is 0 Å². The van der Waals surface area contributed by atoms with Gasteiger partial charge in [-0.2, -0.15) is 0 Å². The molecule has 1 atom stereocenters. The standard InChI is InChI=1S/C14H18BrNO3/c15-12-5-3-11(4-6-12)7-9-19-14(18)16-8-1-2-13(17)10-16/h3-6,13,17H,1-2,7-10H2. The lowest BCUT2D eigenvalue weighted by Crippen LogP contribution is -2.42. The minimum absolute atomic E-state index is 0.323. The number of benzene rings is 1. The number of amides is 1. The molecule has 0 aromatic heterocycles. The zero-order valence-electron chi connectivity index (χ0n) is 10.7. The van der Waals surface area contributed by atoms with Gasteiger partial charge in [0.2, 0.25) is 0 Å². The Hall–Kier alpha value is -1.07. The van der Waals surface area contributed by atoms with Crippen molar-refractivity contribution in [2.45, 2.75) is 25.4 Å². The van der Waals surface area contributed by atoms with Crippen LogP contribution >= 0.6 is 15.9 Å². The normalized spacial score (nSPS) is 19.3. The van der Waals surface area contributed by atoms with Crippen LogP contribution in [-0.2, 0) is 11.2 Å². The fourth-order valence-corrected chi connectivity index (χ4v) is 2.38. The van der Waals surface area contributed by atoms with E-state index < -0.39 is 6.10 Å². The zero-order valence-corrected chi connectivity index (χ0v) is 12.3. The summed E-state index contributed by atoms with van der Waals surface area (Å²) in [7, 11) is 0. The van der Waals surface area contributed by atoms with Crippen molar-refractivity contribution in [1.82, 2.24) is 4.90 Å². The number of hydrogen-bond acceptors (Lipinski definition) is 3. The van der Waals surface area contributed by atoms with Crippen LogP contribution in [0.2, 0.25) is 0 Å². The molecule has 1 N–H and O–H groups in total. The summed E-state index contributed by atoms with van der Waals surface area (Å²) in [5.41, 5.74) is 1.13. The van der Waals surface area contributed by atoms with Crippen molar-refractivity contribution in [3.8, 4) is 0 Å². The second-order valence-corrected chi connectivity index (χ2v) is 5.65. The predicted molar refractivity (Wildman–Crippen MR) is 76.0 cm³/mol. The fraction of sp³-hybridized carbons (Fsp3) is 0.500. The van der Waals surface area contributed by atoms with Crippen molar-refractivity contribution in [2.75, 3.05) is 19.7 Å². The van der Waals surface area contributed by atoms with Crippen molar-refractivity contribution in [3.05, 3.63) is 34.3 Å². The molecule has 19 heavy (non-hydrogen) atoms. The Morgan fingerprint density at radius 2 is 2.16 bits per heavy atom. The largest absolute Gasteiger partial charge is 0.449 e. The van der Waals surface area contributed by atoms with E-state index in [9.17, 15) is 9.90 Å². The molecule has 0 aliphatic carbocycles. The molecule has 1 aromatic rings. The number of rotatable bonds is 3. The van der Waals surface area contributed by atoms with E-state index in [0.29, 0.717) is 26.1 Å². The highest BCUT2D eigenvalue weighted by atomic mass is 79.9. The molecule has 1 fully saturated rings. The van der Waals surface area contributed by atoms with Crippen molar-refractivity contribution in [2.24, 2.45) is 0 Å². The first kappa shape index (κ1) is 14.3. The second-order valence-electron chi connectivity index (χ2n) is 4.73. The summed E-state index contributed by atoms with van der Waals surface area (Å²) in [5, 5.41) is 9.50. The topological polar surface area (TPSA) is 49.8 Å². The van der Waals surface area contributed by atoms with E-state index in [1.807, 2.05) is 24.3 Å². The minimum Gasteiger partial charge on any atom is -0.449 e. The molecule has 0 spiro atoms. The molecule has 1 amide bonds. The average Bonchev–Trinajstić information content (AvgIpc) is 2.41. The van der Waals surface area contributed by atoms with Crippen LogP contribution in [0.25, 0.3) is 0 Å². The summed E-state index contributed by atoms with van der Waals surface area (Å²) in [5.74, 6) is 0. The van der Waals surface area contributed by atoms with E-state index in [4.69, 9.17) is 4.74 Å². The third-order valence-electron chi connectivity index (χ3n) is 3.18. The van der Waals surface area contributed by atoms with Gasteiger partial charge in [0.25, 0.3) is 0 Å². The summed E-state index contributed by atoms with van der Waals surface area (Å²) in [6.45, 7) is 1.43. The Bertz CT molecular complexity index is 421. The summed E-state index contributed by atoms with van der Waals surface area (Å²) in [6.07, 6.45) is 1.57. The quantitative estimate of drug-likeness (QED) is 0.928. The lowest BCUT2D eigenvalue weighted by molar-refractivity contribution is 0.0495. The molecule has 1 aromatic carbocycles. The molecule has 1 heterocycles. The first-order chi connectivity index (χ1) is 9.15. The van der Waals surface area contributed by atoms with E-state index in [-0.39, 0.29) is 6.09 Å². The molecule has 4 nitrogen and oxygen atoms in total. The second kappa shape index (κ2) is 6.91. The Morgan fingerprint density at radius 3 is 2.84 bits per heavy atom. The number of aliphatic hydroxyl groups is 1. The highest BCUT2D eigenvalue weighted by Crippen LogP contribution is 2.12. The molecule has 0 radical (unpaired) electrons. The minimum atomic E-state index is -0.409. The van der Waals surface area contributed by atoms with Gasteiger partial charge in [0.1, 0.15) is 0 Å². The number of likely N-dealkylation sites (tertiary alicyclic amines) is 1. The number of carbonyl (C=O) groups is 1. The number of carbonyl (C=O) groups excluding carboxylic acids is 1. The first-order valence-electron chi connectivity index (χ1n) is 6.49. The van der Waals surface area contributed by atoms with Crippen LogP contribution in [0.5, 0.6) is 0 Å². The number of ether oxygens (including phenoxy) is 1. The summed E-state index contributed by atoms with van der Waals surface area (Å²) < 4.78 is 6.27. The van der Waals surface area contributed by atoms with Gasteiger partial charge in [-0.05, 0) is 30.5 Å². The maximum atomic E-state index is 11.8. The van der Waals surface area contributed by atoms with Crippen molar-refractivity contribution < 1.29 is 14.6 Å². The SMILES string of the molecule is O=C(OCCc1ccc(Br)cc1)N1CCCC(O)C1. The number of β-amino-alcohol motifs (C(OH)–C–C–N with tert-alkyl or cyclic N) is 1. The van der Waals surface area contributed by atoms with Gasteiger partial charge in [-0.1, -0.05) is 28.1 Å². The summed E-state index contributed by atoms with van der Waals surface area (Å²) >= 11 is 3.38. The number of hydrogen-bond donors (Lipinski definition) is 1. The molecule has 5 heteroatoms. The van der Waals surface area contributed by atoms with Crippen LogP contribution in [0.3, 0.4) is 0 Å². The summed E-state index contributed by atoms with van der Waals surface area (Å²) in [4.78, 5) is 13.4. The van der Waals surface area contributed by atoms with E-state index >= 15 is 0 Å². The molecule has 0 saturated carbocycles.